The number of aromatic hydroxyl groups is 1. The Hall–Kier alpha value is -3.15. The minimum atomic E-state index is -0.0602. The lowest BCUT2D eigenvalue weighted by atomic mass is 10.2. The number of carbonyl (C=O) groups is 1. The van der Waals surface area contributed by atoms with Crippen LogP contribution in [0.4, 0.5) is 11.5 Å². The number of para-hydroxylation sites is 1. The molecule has 0 fully saturated rings. The molecule has 3 aromatic rings. The van der Waals surface area contributed by atoms with Gasteiger partial charge in [-0.2, -0.15) is 0 Å². The van der Waals surface area contributed by atoms with E-state index in [1.165, 1.54) is 18.5 Å². The minimum absolute atomic E-state index is 0.0602. The zero-order valence-corrected chi connectivity index (χ0v) is 13.1. The predicted molar refractivity (Wildman–Crippen MR) is 94.0 cm³/mol. The molecule has 2 aromatic carbocycles. The number of benzene rings is 2. The monoisotopic (exact) mass is 322 g/mol. The number of rotatable bonds is 6. The van der Waals surface area contributed by atoms with E-state index >= 15 is 0 Å². The van der Waals surface area contributed by atoms with Crippen molar-refractivity contribution in [3.63, 3.8) is 0 Å². The molecular weight excluding hydrogens is 304 g/mol. The van der Waals surface area contributed by atoms with Crippen molar-refractivity contribution in [1.82, 2.24) is 9.97 Å². The molecule has 0 aliphatic carbocycles. The van der Waals surface area contributed by atoms with Crippen LogP contribution in [-0.2, 0) is 4.79 Å². The third kappa shape index (κ3) is 3.98. The maximum absolute atomic E-state index is 11.9. The van der Waals surface area contributed by atoms with E-state index in [-0.39, 0.29) is 11.7 Å². The molecule has 1 aromatic heterocycles. The van der Waals surface area contributed by atoms with E-state index in [0.29, 0.717) is 25.1 Å². The van der Waals surface area contributed by atoms with Gasteiger partial charge in [-0.3, -0.25) is 4.79 Å². The van der Waals surface area contributed by atoms with Crippen LogP contribution in [0.3, 0.4) is 0 Å². The molecule has 0 aliphatic rings. The number of anilines is 2. The average molecular weight is 322 g/mol. The molecule has 24 heavy (non-hydrogen) atoms. The Kier molecular flexibility index (Phi) is 4.86. The summed E-state index contributed by atoms with van der Waals surface area (Å²) in [5.74, 6) is 0.892. The zero-order chi connectivity index (χ0) is 16.8. The van der Waals surface area contributed by atoms with Crippen LogP contribution in [0.5, 0.6) is 5.75 Å². The normalized spacial score (nSPS) is 10.5. The highest BCUT2D eigenvalue weighted by molar-refractivity contribution is 5.91. The molecule has 6 heteroatoms. The molecule has 0 atom stereocenters. The van der Waals surface area contributed by atoms with Gasteiger partial charge in [-0.05, 0) is 42.8 Å². The van der Waals surface area contributed by atoms with Crippen molar-refractivity contribution in [3.8, 4) is 5.75 Å². The molecular formula is C18H18N4O2. The Labute approximate surface area is 139 Å². The van der Waals surface area contributed by atoms with Gasteiger partial charge in [-0.25, -0.2) is 9.97 Å². The number of hydrogen-bond acceptors (Lipinski definition) is 5. The lowest BCUT2D eigenvalue weighted by molar-refractivity contribution is -0.116. The summed E-state index contributed by atoms with van der Waals surface area (Å²) >= 11 is 0. The molecule has 122 valence electrons. The van der Waals surface area contributed by atoms with Crippen LogP contribution in [0.25, 0.3) is 10.9 Å². The van der Waals surface area contributed by atoms with E-state index < -0.39 is 0 Å². The number of aromatic nitrogens is 2. The number of hydrogen-bond donors (Lipinski definition) is 3. The first-order chi connectivity index (χ1) is 11.7. The quantitative estimate of drug-likeness (QED) is 0.479. The average Bonchev–Trinajstić information content (AvgIpc) is 2.61. The zero-order valence-electron chi connectivity index (χ0n) is 13.1. The first-order valence-corrected chi connectivity index (χ1v) is 7.75. The molecule has 3 N–H and O–H groups in total. The van der Waals surface area contributed by atoms with Gasteiger partial charge in [0.2, 0.25) is 5.91 Å². The molecule has 0 aliphatic heterocycles. The van der Waals surface area contributed by atoms with Crippen LogP contribution < -0.4 is 10.6 Å². The molecule has 6 nitrogen and oxygen atoms in total. The number of nitrogens with one attached hydrogen (secondary N) is 2. The van der Waals surface area contributed by atoms with E-state index in [9.17, 15) is 9.90 Å². The van der Waals surface area contributed by atoms with E-state index in [4.69, 9.17) is 0 Å². The summed E-state index contributed by atoms with van der Waals surface area (Å²) in [5, 5.41) is 16.2. The summed E-state index contributed by atoms with van der Waals surface area (Å²) < 4.78 is 0. The molecule has 1 heterocycles. The number of phenolic OH excluding ortho intramolecular Hbond substituents is 1. The Balaban J connectivity index is 1.48. The van der Waals surface area contributed by atoms with E-state index in [2.05, 4.69) is 20.6 Å². The van der Waals surface area contributed by atoms with Gasteiger partial charge in [0.05, 0.1) is 5.52 Å². The Morgan fingerprint density at radius 3 is 2.67 bits per heavy atom. The predicted octanol–water partition coefficient (Wildman–Crippen LogP) is 3.17. The molecule has 1 amide bonds. The van der Waals surface area contributed by atoms with Gasteiger partial charge in [0.15, 0.2) is 0 Å². The first-order valence-electron chi connectivity index (χ1n) is 7.75. The molecule has 0 bridgehead atoms. The van der Waals surface area contributed by atoms with Crippen molar-refractivity contribution in [2.75, 3.05) is 17.2 Å². The SMILES string of the molecule is O=C(CCCNc1ncnc2ccccc12)Nc1ccc(O)cc1. The van der Waals surface area contributed by atoms with Crippen LogP contribution in [0, 0.1) is 0 Å². The lowest BCUT2D eigenvalue weighted by Crippen LogP contribution is -2.13. The second-order valence-electron chi connectivity index (χ2n) is 5.36. The van der Waals surface area contributed by atoms with E-state index in [0.717, 1.165) is 16.7 Å². The number of fused-ring (bicyclic) bond motifs is 1. The molecule has 0 unspecified atom stereocenters. The van der Waals surface area contributed by atoms with Crippen molar-refractivity contribution >= 4 is 28.3 Å². The smallest absolute Gasteiger partial charge is 0.224 e. The van der Waals surface area contributed by atoms with Crippen molar-refractivity contribution in [3.05, 3.63) is 54.9 Å². The fraction of sp³-hybridized carbons (Fsp3) is 0.167. The first kappa shape index (κ1) is 15.7. The highest BCUT2D eigenvalue weighted by Crippen LogP contribution is 2.18. The van der Waals surface area contributed by atoms with Gasteiger partial charge < -0.3 is 15.7 Å². The fourth-order valence-corrected chi connectivity index (χ4v) is 2.37. The molecule has 0 saturated carbocycles. The second-order valence-corrected chi connectivity index (χ2v) is 5.36. The third-order valence-corrected chi connectivity index (χ3v) is 3.57. The van der Waals surface area contributed by atoms with Crippen LogP contribution in [0.15, 0.2) is 54.9 Å². The van der Waals surface area contributed by atoms with Crippen LogP contribution in [0.1, 0.15) is 12.8 Å². The fourth-order valence-electron chi connectivity index (χ4n) is 2.37. The molecule has 0 saturated heterocycles. The summed E-state index contributed by atoms with van der Waals surface area (Å²) in [6, 6.07) is 14.2. The Morgan fingerprint density at radius 2 is 1.83 bits per heavy atom. The summed E-state index contributed by atoms with van der Waals surface area (Å²) in [6.45, 7) is 0.643. The highest BCUT2D eigenvalue weighted by Gasteiger charge is 2.04. The topological polar surface area (TPSA) is 87.1 Å². The molecule has 0 spiro atoms. The number of carbonyl (C=O) groups excluding carboxylic acids is 1. The highest BCUT2D eigenvalue weighted by atomic mass is 16.3. The Bertz CT molecular complexity index is 829. The minimum Gasteiger partial charge on any atom is -0.508 e. The van der Waals surface area contributed by atoms with Crippen molar-refractivity contribution in [2.45, 2.75) is 12.8 Å². The summed E-state index contributed by atoms with van der Waals surface area (Å²) in [6.07, 6.45) is 2.61. The van der Waals surface area contributed by atoms with Gasteiger partial charge in [0.1, 0.15) is 17.9 Å². The lowest BCUT2D eigenvalue weighted by Gasteiger charge is -2.08. The molecule has 0 radical (unpaired) electrons. The summed E-state index contributed by atoms with van der Waals surface area (Å²) in [7, 11) is 0. The van der Waals surface area contributed by atoms with E-state index in [1.54, 1.807) is 12.1 Å². The maximum Gasteiger partial charge on any atom is 0.224 e. The van der Waals surface area contributed by atoms with Crippen molar-refractivity contribution in [2.24, 2.45) is 0 Å². The number of amides is 1. The summed E-state index contributed by atoms with van der Waals surface area (Å²) in [5.41, 5.74) is 1.56. The van der Waals surface area contributed by atoms with Gasteiger partial charge >= 0.3 is 0 Å². The number of nitrogens with zero attached hydrogens (tertiary/aromatic N) is 2. The van der Waals surface area contributed by atoms with Gasteiger partial charge in [0.25, 0.3) is 0 Å². The van der Waals surface area contributed by atoms with Gasteiger partial charge in [-0.1, -0.05) is 12.1 Å². The second kappa shape index (κ2) is 7.41. The summed E-state index contributed by atoms with van der Waals surface area (Å²) in [4.78, 5) is 20.4. The van der Waals surface area contributed by atoms with Gasteiger partial charge in [0, 0.05) is 24.0 Å². The van der Waals surface area contributed by atoms with Crippen molar-refractivity contribution in [1.29, 1.82) is 0 Å². The maximum atomic E-state index is 11.9. The largest absolute Gasteiger partial charge is 0.508 e. The third-order valence-electron chi connectivity index (χ3n) is 3.57. The molecule has 3 rings (SSSR count). The van der Waals surface area contributed by atoms with Crippen LogP contribution in [-0.4, -0.2) is 27.5 Å². The van der Waals surface area contributed by atoms with E-state index in [1.807, 2.05) is 24.3 Å². The van der Waals surface area contributed by atoms with Crippen LogP contribution >= 0.6 is 0 Å². The number of phenols is 1. The van der Waals surface area contributed by atoms with Crippen LogP contribution in [0.2, 0.25) is 0 Å². The van der Waals surface area contributed by atoms with Crippen molar-refractivity contribution < 1.29 is 9.90 Å². The Morgan fingerprint density at radius 1 is 1.04 bits per heavy atom. The van der Waals surface area contributed by atoms with Gasteiger partial charge in [-0.15, -0.1) is 0 Å². The standard InChI is InChI=1S/C18H18N4O2/c23-14-9-7-13(8-10-14)22-17(24)6-3-11-19-18-15-4-1-2-5-16(15)20-12-21-18/h1-2,4-5,7-10,12,23H,3,6,11H2,(H,22,24)(H,19,20,21).